The highest BCUT2D eigenvalue weighted by Crippen LogP contribution is 2.43. The second-order valence-electron chi connectivity index (χ2n) is 5.70. The van der Waals surface area contributed by atoms with E-state index in [9.17, 15) is 9.90 Å². The van der Waals surface area contributed by atoms with Crippen LogP contribution >= 0.6 is 0 Å². The fraction of sp³-hybridized carbons (Fsp3) is 0.533. The lowest BCUT2D eigenvalue weighted by Crippen LogP contribution is -2.35. The van der Waals surface area contributed by atoms with Crippen LogP contribution in [0.5, 0.6) is 5.75 Å². The molecule has 1 atom stereocenters. The number of aliphatic carboxylic acids is 1. The van der Waals surface area contributed by atoms with Gasteiger partial charge < -0.3 is 20.8 Å². The third-order valence-corrected chi connectivity index (χ3v) is 4.32. The Morgan fingerprint density at radius 2 is 2.05 bits per heavy atom. The molecule has 1 unspecified atom stereocenters. The molecule has 5 heteroatoms. The molecule has 20 heavy (non-hydrogen) atoms. The zero-order valence-electron chi connectivity index (χ0n) is 11.4. The van der Waals surface area contributed by atoms with Gasteiger partial charge in [-0.15, -0.1) is 0 Å². The first-order valence-corrected chi connectivity index (χ1v) is 7.18. The Kier molecular flexibility index (Phi) is 3.30. The van der Waals surface area contributed by atoms with Gasteiger partial charge in [0.15, 0.2) is 0 Å². The highest BCUT2D eigenvalue weighted by atomic mass is 16.4. The fourth-order valence-electron chi connectivity index (χ4n) is 3.45. The van der Waals surface area contributed by atoms with Crippen LogP contribution in [0.25, 0.3) is 0 Å². The van der Waals surface area contributed by atoms with Crippen LogP contribution in [0.1, 0.15) is 42.0 Å². The van der Waals surface area contributed by atoms with E-state index in [4.69, 9.17) is 10.8 Å². The highest BCUT2D eigenvalue weighted by Gasteiger charge is 2.29. The Balaban J connectivity index is 2.07. The first-order chi connectivity index (χ1) is 9.58. The van der Waals surface area contributed by atoms with Crippen molar-refractivity contribution >= 4 is 11.7 Å². The summed E-state index contributed by atoms with van der Waals surface area (Å²) in [5, 5.41) is 19.4. The third kappa shape index (κ3) is 2.12. The summed E-state index contributed by atoms with van der Waals surface area (Å²) < 4.78 is 0. The maximum atomic E-state index is 10.8. The molecule has 1 aromatic carbocycles. The summed E-state index contributed by atoms with van der Waals surface area (Å²) in [7, 11) is 0. The van der Waals surface area contributed by atoms with Gasteiger partial charge in [0.25, 0.3) is 0 Å². The number of anilines is 1. The van der Waals surface area contributed by atoms with Gasteiger partial charge in [0.2, 0.25) is 0 Å². The molecule has 0 saturated carbocycles. The highest BCUT2D eigenvalue weighted by molar-refractivity contribution is 5.71. The summed E-state index contributed by atoms with van der Waals surface area (Å²) in [6.45, 7) is 2.08. The molecule has 0 fully saturated rings. The van der Waals surface area contributed by atoms with E-state index < -0.39 is 12.0 Å². The first-order valence-electron chi connectivity index (χ1n) is 7.18. The molecule has 0 bridgehead atoms. The minimum Gasteiger partial charge on any atom is -0.507 e. The molecule has 0 spiro atoms. The van der Waals surface area contributed by atoms with Gasteiger partial charge in [-0.2, -0.15) is 0 Å². The average molecular weight is 276 g/mol. The summed E-state index contributed by atoms with van der Waals surface area (Å²) in [6.07, 6.45) is 3.79. The lowest BCUT2D eigenvalue weighted by atomic mass is 9.87. The third-order valence-electron chi connectivity index (χ3n) is 4.32. The lowest BCUT2D eigenvalue weighted by molar-refractivity contribution is -0.137. The van der Waals surface area contributed by atoms with E-state index in [2.05, 4.69) is 4.90 Å². The van der Waals surface area contributed by atoms with Gasteiger partial charge in [-0.05, 0) is 37.3 Å². The van der Waals surface area contributed by atoms with Crippen LogP contribution in [-0.2, 0) is 17.6 Å². The average Bonchev–Trinajstić information content (AvgIpc) is 2.42. The van der Waals surface area contributed by atoms with Crippen molar-refractivity contribution in [2.24, 2.45) is 5.73 Å². The molecule has 5 nitrogen and oxygen atoms in total. The van der Waals surface area contributed by atoms with Crippen LogP contribution in [-0.4, -0.2) is 29.3 Å². The molecular formula is C15H20N2O3. The van der Waals surface area contributed by atoms with Gasteiger partial charge in [0.05, 0.1) is 6.42 Å². The molecule has 2 heterocycles. The van der Waals surface area contributed by atoms with E-state index in [0.717, 1.165) is 44.3 Å². The molecule has 0 amide bonds. The second-order valence-corrected chi connectivity index (χ2v) is 5.70. The van der Waals surface area contributed by atoms with Crippen LogP contribution < -0.4 is 10.6 Å². The van der Waals surface area contributed by atoms with Crippen LogP contribution in [0, 0.1) is 0 Å². The molecule has 1 aromatic rings. The zero-order chi connectivity index (χ0) is 14.3. The molecular weight excluding hydrogens is 256 g/mol. The molecule has 2 aliphatic rings. The number of hydrogen-bond donors (Lipinski definition) is 3. The Labute approximate surface area is 118 Å². The van der Waals surface area contributed by atoms with E-state index in [1.54, 1.807) is 0 Å². The monoisotopic (exact) mass is 276 g/mol. The Hall–Kier alpha value is -1.75. The maximum absolute atomic E-state index is 10.8. The van der Waals surface area contributed by atoms with Crippen LogP contribution in [0.2, 0.25) is 0 Å². The zero-order valence-corrected chi connectivity index (χ0v) is 11.4. The Bertz CT molecular complexity index is 555. The number of carbonyl (C=O) groups is 1. The summed E-state index contributed by atoms with van der Waals surface area (Å²) in [5.41, 5.74) is 9.88. The van der Waals surface area contributed by atoms with Crippen molar-refractivity contribution in [2.45, 2.75) is 38.1 Å². The number of rotatable bonds is 3. The van der Waals surface area contributed by atoms with E-state index in [1.807, 2.05) is 6.07 Å². The molecule has 0 saturated heterocycles. The quantitative estimate of drug-likeness (QED) is 0.780. The van der Waals surface area contributed by atoms with E-state index in [1.165, 1.54) is 11.3 Å². The standard InChI is InChI=1S/C15H20N2O3/c16-12(8-13(18)19)11-7-9-3-1-5-17-6-2-4-10(14(9)17)15(11)20/h7,12,20H,1-6,8,16H2,(H,18,19). The predicted octanol–water partition coefficient (Wildman–Crippen LogP) is 1.57. The number of aromatic hydroxyl groups is 1. The number of hydrogen-bond acceptors (Lipinski definition) is 4. The number of carboxylic acids is 1. The van der Waals surface area contributed by atoms with E-state index >= 15 is 0 Å². The summed E-state index contributed by atoms with van der Waals surface area (Å²) in [5.74, 6) is -0.728. The summed E-state index contributed by atoms with van der Waals surface area (Å²) in [6, 6.07) is 1.27. The molecule has 0 aliphatic carbocycles. The number of nitrogens with two attached hydrogens (primary N) is 1. The minimum absolute atomic E-state index is 0.157. The van der Waals surface area contributed by atoms with Gasteiger partial charge in [-0.1, -0.05) is 0 Å². The lowest BCUT2D eigenvalue weighted by Gasteiger charge is -2.38. The van der Waals surface area contributed by atoms with Crippen molar-refractivity contribution in [1.29, 1.82) is 0 Å². The smallest absolute Gasteiger partial charge is 0.305 e. The number of phenolic OH excluding ortho intramolecular Hbond substituents is 1. The van der Waals surface area contributed by atoms with E-state index in [0.29, 0.717) is 5.56 Å². The van der Waals surface area contributed by atoms with Gasteiger partial charge in [-0.3, -0.25) is 4.79 Å². The number of nitrogens with zero attached hydrogens (tertiary/aromatic N) is 1. The molecule has 4 N–H and O–H groups in total. The SMILES string of the molecule is NC(CC(=O)O)c1cc2c3c(c1O)CCCN3CCC2. The number of phenols is 1. The predicted molar refractivity (Wildman–Crippen MR) is 76.1 cm³/mol. The molecule has 3 rings (SSSR count). The summed E-state index contributed by atoms with van der Waals surface area (Å²) in [4.78, 5) is 13.2. The van der Waals surface area contributed by atoms with Crippen LogP contribution in [0.3, 0.4) is 0 Å². The Morgan fingerprint density at radius 3 is 2.75 bits per heavy atom. The number of carboxylic acid groups (broad SMARTS) is 1. The topological polar surface area (TPSA) is 86.8 Å². The molecule has 108 valence electrons. The van der Waals surface area contributed by atoms with Crippen molar-refractivity contribution < 1.29 is 15.0 Å². The van der Waals surface area contributed by atoms with E-state index in [-0.39, 0.29) is 12.2 Å². The molecule has 0 aromatic heterocycles. The van der Waals surface area contributed by atoms with Crippen molar-refractivity contribution in [3.8, 4) is 5.75 Å². The second kappa shape index (κ2) is 4.98. The largest absolute Gasteiger partial charge is 0.507 e. The Morgan fingerprint density at radius 1 is 1.35 bits per heavy atom. The van der Waals surface area contributed by atoms with Crippen molar-refractivity contribution in [2.75, 3.05) is 18.0 Å². The minimum atomic E-state index is -0.940. The van der Waals surface area contributed by atoms with Crippen LogP contribution in [0.4, 0.5) is 5.69 Å². The maximum Gasteiger partial charge on any atom is 0.305 e. The van der Waals surface area contributed by atoms with Crippen LogP contribution in [0.15, 0.2) is 6.07 Å². The molecule has 2 aliphatic heterocycles. The van der Waals surface area contributed by atoms with Crippen molar-refractivity contribution in [3.05, 3.63) is 22.8 Å². The van der Waals surface area contributed by atoms with Gasteiger partial charge in [-0.25, -0.2) is 0 Å². The normalized spacial score (nSPS) is 18.6. The first kappa shape index (κ1) is 13.2. The van der Waals surface area contributed by atoms with Gasteiger partial charge >= 0.3 is 5.97 Å². The number of aryl methyl sites for hydroxylation is 1. The van der Waals surface area contributed by atoms with Gasteiger partial charge in [0, 0.05) is 35.9 Å². The number of benzene rings is 1. The summed E-state index contributed by atoms with van der Waals surface area (Å²) >= 11 is 0. The van der Waals surface area contributed by atoms with Crippen molar-refractivity contribution in [3.63, 3.8) is 0 Å². The van der Waals surface area contributed by atoms with Gasteiger partial charge in [0.1, 0.15) is 5.75 Å². The fourth-order valence-corrected chi connectivity index (χ4v) is 3.45. The molecule has 0 radical (unpaired) electrons. The van der Waals surface area contributed by atoms with Crippen molar-refractivity contribution in [1.82, 2.24) is 0 Å².